The molecule has 0 radical (unpaired) electrons. The number of rotatable bonds is 3. The minimum atomic E-state index is -0.760. The van der Waals surface area contributed by atoms with E-state index < -0.39 is 11.0 Å². The Kier molecular flexibility index (Phi) is 5.09. The maximum Gasteiger partial charge on any atom is 0.0861 e. The molecule has 1 N–H and O–H groups in total. The molecule has 2 fully saturated rings. The normalized spacial score (nSPS) is 40.0. The summed E-state index contributed by atoms with van der Waals surface area (Å²) in [6.07, 6.45) is 7.82. The number of nitriles is 1. The molecule has 1 atom stereocenters. The Labute approximate surface area is 124 Å². The van der Waals surface area contributed by atoms with Crippen LogP contribution < -0.4 is 0 Å². The quantitative estimate of drug-likeness (QED) is 0.861. The Hall–Kier alpha value is -0.590. The predicted molar refractivity (Wildman–Crippen MR) is 81.2 cm³/mol. The molecule has 3 heteroatoms. The van der Waals surface area contributed by atoms with Crippen molar-refractivity contribution in [2.24, 2.45) is 11.3 Å². The van der Waals surface area contributed by atoms with Gasteiger partial charge < -0.3 is 10.0 Å². The van der Waals surface area contributed by atoms with Crippen LogP contribution in [0.15, 0.2) is 0 Å². The molecule has 0 amide bonds. The van der Waals surface area contributed by atoms with Crippen molar-refractivity contribution in [3.63, 3.8) is 0 Å². The molecule has 1 unspecified atom stereocenters. The first-order valence-corrected chi connectivity index (χ1v) is 8.45. The van der Waals surface area contributed by atoms with Gasteiger partial charge in [-0.15, -0.1) is 0 Å². The van der Waals surface area contributed by atoms with Crippen molar-refractivity contribution < 1.29 is 5.11 Å². The van der Waals surface area contributed by atoms with Gasteiger partial charge in [0, 0.05) is 6.54 Å². The van der Waals surface area contributed by atoms with E-state index in [1.54, 1.807) is 0 Å². The molecule has 0 aromatic rings. The maximum atomic E-state index is 11.2. The fourth-order valence-electron chi connectivity index (χ4n) is 4.23. The van der Waals surface area contributed by atoms with E-state index in [-0.39, 0.29) is 0 Å². The second-order valence-electron chi connectivity index (χ2n) is 6.86. The summed E-state index contributed by atoms with van der Waals surface area (Å²) >= 11 is 0. The van der Waals surface area contributed by atoms with Crippen LogP contribution >= 0.6 is 0 Å². The van der Waals surface area contributed by atoms with E-state index in [2.05, 4.69) is 24.8 Å². The lowest BCUT2D eigenvalue weighted by atomic mass is 9.59. The van der Waals surface area contributed by atoms with E-state index in [0.717, 1.165) is 70.5 Å². The predicted octanol–water partition coefficient (Wildman–Crippen LogP) is 3.33. The van der Waals surface area contributed by atoms with Crippen molar-refractivity contribution in [3.8, 4) is 6.07 Å². The molecule has 0 aromatic heterocycles. The first-order valence-electron chi connectivity index (χ1n) is 8.45. The Balaban J connectivity index is 2.12. The maximum absolute atomic E-state index is 11.2. The third-order valence-electron chi connectivity index (χ3n) is 5.99. The molecule has 0 aromatic carbocycles. The van der Waals surface area contributed by atoms with E-state index in [4.69, 9.17) is 0 Å². The highest BCUT2D eigenvalue weighted by Gasteiger charge is 2.52. The minimum absolute atomic E-state index is 0.484. The molecule has 0 bridgehead atoms. The summed E-state index contributed by atoms with van der Waals surface area (Å²) < 4.78 is 0. The van der Waals surface area contributed by atoms with Gasteiger partial charge in [-0.05, 0) is 64.0 Å². The average molecular weight is 278 g/mol. The van der Waals surface area contributed by atoms with E-state index in [1.807, 2.05) is 0 Å². The van der Waals surface area contributed by atoms with Crippen LogP contribution in [0.25, 0.3) is 0 Å². The van der Waals surface area contributed by atoms with Crippen LogP contribution in [0.5, 0.6) is 0 Å². The summed E-state index contributed by atoms with van der Waals surface area (Å²) in [7, 11) is 0. The van der Waals surface area contributed by atoms with Crippen LogP contribution in [0.1, 0.15) is 65.2 Å². The summed E-state index contributed by atoms with van der Waals surface area (Å²) in [5.74, 6) is 0.762. The standard InChI is InChI=1S/C17H30N2O/c1-3-15-6-9-16(14-18,10-7-15)17(20)8-5-12-19(4-2)13-11-17/h15,20H,3-13H2,1-2H3. The number of nitrogens with zero attached hydrogens (tertiary/aromatic N) is 2. The molecule has 0 spiro atoms. The smallest absolute Gasteiger partial charge is 0.0861 e. The van der Waals surface area contributed by atoms with Gasteiger partial charge in [-0.1, -0.05) is 20.3 Å². The molecular formula is C17H30N2O. The molecule has 1 saturated carbocycles. The van der Waals surface area contributed by atoms with Crippen molar-refractivity contribution in [1.29, 1.82) is 5.26 Å². The van der Waals surface area contributed by atoms with Gasteiger partial charge in [0.05, 0.1) is 17.1 Å². The fourth-order valence-corrected chi connectivity index (χ4v) is 4.23. The summed E-state index contributed by atoms with van der Waals surface area (Å²) in [6, 6.07) is 2.56. The van der Waals surface area contributed by atoms with Crippen molar-refractivity contribution in [3.05, 3.63) is 0 Å². The Bertz CT molecular complexity index is 354. The lowest BCUT2D eigenvalue weighted by molar-refractivity contribution is -0.0877. The SMILES string of the molecule is CCC1CCC(C#N)(C2(O)CCCN(CC)CC2)CC1. The van der Waals surface area contributed by atoms with Gasteiger partial charge in [-0.2, -0.15) is 5.26 Å². The average Bonchev–Trinajstić information content (AvgIpc) is 2.70. The number of likely N-dealkylation sites (tertiary alicyclic amines) is 1. The fraction of sp³-hybridized carbons (Fsp3) is 0.941. The van der Waals surface area contributed by atoms with Gasteiger partial charge in [0.2, 0.25) is 0 Å². The minimum Gasteiger partial charge on any atom is -0.388 e. The second-order valence-corrected chi connectivity index (χ2v) is 6.86. The highest BCUT2D eigenvalue weighted by atomic mass is 16.3. The van der Waals surface area contributed by atoms with E-state index in [9.17, 15) is 10.4 Å². The van der Waals surface area contributed by atoms with Gasteiger partial charge in [0.15, 0.2) is 0 Å². The summed E-state index contributed by atoms with van der Waals surface area (Å²) in [6.45, 7) is 7.47. The molecule has 20 heavy (non-hydrogen) atoms. The number of hydrogen-bond acceptors (Lipinski definition) is 3. The van der Waals surface area contributed by atoms with Gasteiger partial charge in [0.25, 0.3) is 0 Å². The van der Waals surface area contributed by atoms with Crippen LogP contribution in [-0.4, -0.2) is 35.2 Å². The Morgan fingerprint density at radius 2 is 1.85 bits per heavy atom. The summed E-state index contributed by atoms with van der Waals surface area (Å²) in [5, 5.41) is 21.1. The van der Waals surface area contributed by atoms with Gasteiger partial charge in [-0.3, -0.25) is 0 Å². The van der Waals surface area contributed by atoms with Gasteiger partial charge in [0.1, 0.15) is 0 Å². The zero-order chi connectivity index (χ0) is 14.6. The molecule has 1 saturated heterocycles. The van der Waals surface area contributed by atoms with Crippen LogP contribution in [0.2, 0.25) is 0 Å². The van der Waals surface area contributed by atoms with Gasteiger partial charge in [-0.25, -0.2) is 0 Å². The van der Waals surface area contributed by atoms with Crippen molar-refractivity contribution in [2.45, 2.75) is 70.8 Å². The van der Waals surface area contributed by atoms with E-state index in [1.165, 1.54) is 6.42 Å². The zero-order valence-electron chi connectivity index (χ0n) is 13.2. The van der Waals surface area contributed by atoms with Gasteiger partial charge >= 0.3 is 0 Å². The zero-order valence-corrected chi connectivity index (χ0v) is 13.2. The lowest BCUT2D eigenvalue weighted by Crippen LogP contribution is -2.50. The largest absolute Gasteiger partial charge is 0.388 e. The van der Waals surface area contributed by atoms with Crippen molar-refractivity contribution in [2.75, 3.05) is 19.6 Å². The highest BCUT2D eigenvalue weighted by molar-refractivity contribution is 5.13. The third-order valence-corrected chi connectivity index (χ3v) is 5.99. The summed E-state index contributed by atoms with van der Waals surface area (Å²) in [5.41, 5.74) is -1.24. The Morgan fingerprint density at radius 3 is 2.40 bits per heavy atom. The first kappa shape index (κ1) is 15.8. The molecule has 1 aliphatic heterocycles. The molecule has 2 aliphatic rings. The third kappa shape index (κ3) is 2.87. The topological polar surface area (TPSA) is 47.3 Å². The Morgan fingerprint density at radius 1 is 1.15 bits per heavy atom. The molecule has 1 aliphatic carbocycles. The van der Waals surface area contributed by atoms with Crippen LogP contribution in [0, 0.1) is 22.7 Å². The van der Waals surface area contributed by atoms with E-state index >= 15 is 0 Å². The second kappa shape index (κ2) is 6.45. The molecule has 114 valence electrons. The number of aliphatic hydroxyl groups is 1. The molecule has 3 nitrogen and oxygen atoms in total. The van der Waals surface area contributed by atoms with E-state index in [0.29, 0.717) is 0 Å². The van der Waals surface area contributed by atoms with Crippen LogP contribution in [-0.2, 0) is 0 Å². The lowest BCUT2D eigenvalue weighted by Gasteiger charge is -2.46. The number of hydrogen-bond donors (Lipinski definition) is 1. The van der Waals surface area contributed by atoms with Crippen molar-refractivity contribution >= 4 is 0 Å². The highest BCUT2D eigenvalue weighted by Crippen LogP contribution is 2.50. The molecular weight excluding hydrogens is 248 g/mol. The summed E-state index contributed by atoms with van der Waals surface area (Å²) in [4.78, 5) is 2.40. The molecule has 1 heterocycles. The van der Waals surface area contributed by atoms with Crippen molar-refractivity contribution in [1.82, 2.24) is 4.90 Å². The monoisotopic (exact) mass is 278 g/mol. The van der Waals surface area contributed by atoms with Crippen LogP contribution in [0.4, 0.5) is 0 Å². The van der Waals surface area contributed by atoms with Crippen LogP contribution in [0.3, 0.4) is 0 Å². The molecule has 2 rings (SSSR count). The first-order chi connectivity index (χ1) is 9.59.